The molecule has 5 heteroatoms. The number of aromatic nitrogens is 2. The van der Waals surface area contributed by atoms with Crippen molar-refractivity contribution in [1.29, 1.82) is 0 Å². The number of hydrogen-bond donors (Lipinski definition) is 1. The third kappa shape index (κ3) is 2.73. The summed E-state index contributed by atoms with van der Waals surface area (Å²) in [5.74, 6) is 0.829. The van der Waals surface area contributed by atoms with Gasteiger partial charge in [0.1, 0.15) is 0 Å². The van der Waals surface area contributed by atoms with E-state index in [2.05, 4.69) is 33.9 Å². The molecule has 0 aromatic carbocycles. The molecular weight excluding hydrogens is 214 g/mol. The molecule has 0 spiro atoms. The number of hydrogen-bond acceptors (Lipinski definition) is 5. The van der Waals surface area contributed by atoms with Gasteiger partial charge in [-0.15, -0.1) is 0 Å². The van der Waals surface area contributed by atoms with Crippen LogP contribution in [-0.4, -0.2) is 48.1 Å². The highest BCUT2D eigenvalue weighted by Gasteiger charge is 2.25. The van der Waals surface area contributed by atoms with E-state index in [4.69, 9.17) is 5.73 Å². The smallest absolute Gasteiger partial charge is 0.225 e. The summed E-state index contributed by atoms with van der Waals surface area (Å²) in [4.78, 5) is 13.5. The Kier molecular flexibility index (Phi) is 3.59. The van der Waals surface area contributed by atoms with Gasteiger partial charge in [0.2, 0.25) is 5.95 Å². The SMILES string of the molecule is Cc1cc(CN)nc(N2CCC(N(C)C)C2)n1. The lowest BCUT2D eigenvalue weighted by Gasteiger charge is -2.20. The number of nitrogens with zero attached hydrogens (tertiary/aromatic N) is 4. The van der Waals surface area contributed by atoms with Gasteiger partial charge in [0, 0.05) is 31.4 Å². The lowest BCUT2D eigenvalue weighted by molar-refractivity contribution is 0.315. The topological polar surface area (TPSA) is 58.3 Å². The number of aryl methyl sites for hydroxylation is 1. The maximum absolute atomic E-state index is 5.64. The van der Waals surface area contributed by atoms with E-state index in [0.717, 1.165) is 30.4 Å². The molecule has 1 aliphatic heterocycles. The number of anilines is 1. The van der Waals surface area contributed by atoms with Crippen molar-refractivity contribution < 1.29 is 0 Å². The highest BCUT2D eigenvalue weighted by atomic mass is 15.3. The van der Waals surface area contributed by atoms with E-state index in [1.807, 2.05) is 13.0 Å². The van der Waals surface area contributed by atoms with Crippen LogP contribution >= 0.6 is 0 Å². The lowest BCUT2D eigenvalue weighted by atomic mass is 10.2. The molecule has 5 nitrogen and oxygen atoms in total. The van der Waals surface area contributed by atoms with Gasteiger partial charge >= 0.3 is 0 Å². The van der Waals surface area contributed by atoms with Crippen LogP contribution in [0.4, 0.5) is 5.95 Å². The minimum atomic E-state index is 0.474. The van der Waals surface area contributed by atoms with Gasteiger partial charge in [0.15, 0.2) is 0 Å². The standard InChI is InChI=1S/C12H21N5/c1-9-6-10(7-13)15-12(14-9)17-5-4-11(8-17)16(2)3/h6,11H,4-5,7-8,13H2,1-3H3. The van der Waals surface area contributed by atoms with E-state index in [1.165, 1.54) is 6.42 Å². The first kappa shape index (κ1) is 12.3. The van der Waals surface area contributed by atoms with E-state index in [1.54, 1.807) is 0 Å². The van der Waals surface area contributed by atoms with E-state index >= 15 is 0 Å². The average Bonchev–Trinajstić information content (AvgIpc) is 2.77. The molecule has 1 aromatic heterocycles. The van der Waals surface area contributed by atoms with Crippen molar-refractivity contribution in [2.45, 2.75) is 25.9 Å². The predicted molar refractivity (Wildman–Crippen MR) is 69.0 cm³/mol. The first-order chi connectivity index (χ1) is 8.10. The predicted octanol–water partition coefficient (Wildman–Crippen LogP) is 0.384. The molecule has 0 aliphatic carbocycles. The number of rotatable bonds is 3. The fourth-order valence-electron chi connectivity index (χ4n) is 2.21. The van der Waals surface area contributed by atoms with Crippen molar-refractivity contribution in [2.24, 2.45) is 5.73 Å². The molecule has 1 aliphatic rings. The van der Waals surface area contributed by atoms with Crippen molar-refractivity contribution >= 4 is 5.95 Å². The maximum Gasteiger partial charge on any atom is 0.225 e. The molecule has 1 aromatic rings. The summed E-state index contributed by atoms with van der Waals surface area (Å²) in [7, 11) is 4.24. The van der Waals surface area contributed by atoms with E-state index < -0.39 is 0 Å². The lowest BCUT2D eigenvalue weighted by Crippen LogP contribution is -2.32. The van der Waals surface area contributed by atoms with Crippen molar-refractivity contribution in [3.8, 4) is 0 Å². The van der Waals surface area contributed by atoms with Gasteiger partial charge in [-0.3, -0.25) is 0 Å². The Labute approximate surface area is 103 Å². The third-order valence-electron chi connectivity index (χ3n) is 3.28. The Morgan fingerprint density at radius 3 is 2.82 bits per heavy atom. The minimum Gasteiger partial charge on any atom is -0.339 e. The van der Waals surface area contributed by atoms with Gasteiger partial charge < -0.3 is 15.5 Å². The quantitative estimate of drug-likeness (QED) is 0.821. The second-order valence-corrected chi connectivity index (χ2v) is 4.86. The van der Waals surface area contributed by atoms with Crippen molar-refractivity contribution in [1.82, 2.24) is 14.9 Å². The number of likely N-dealkylation sites (N-methyl/N-ethyl adjacent to an activating group) is 1. The zero-order valence-electron chi connectivity index (χ0n) is 10.8. The summed E-state index contributed by atoms with van der Waals surface area (Å²) < 4.78 is 0. The fraction of sp³-hybridized carbons (Fsp3) is 0.667. The van der Waals surface area contributed by atoms with E-state index in [9.17, 15) is 0 Å². The molecule has 0 radical (unpaired) electrons. The van der Waals surface area contributed by atoms with Crippen LogP contribution in [-0.2, 0) is 6.54 Å². The molecule has 0 saturated carbocycles. The maximum atomic E-state index is 5.64. The van der Waals surface area contributed by atoms with Gasteiger partial charge in [-0.25, -0.2) is 9.97 Å². The fourth-order valence-corrected chi connectivity index (χ4v) is 2.21. The molecule has 1 unspecified atom stereocenters. The molecule has 2 rings (SSSR count). The average molecular weight is 235 g/mol. The third-order valence-corrected chi connectivity index (χ3v) is 3.28. The van der Waals surface area contributed by atoms with Crippen molar-refractivity contribution in [3.05, 3.63) is 17.5 Å². The van der Waals surface area contributed by atoms with Crippen LogP contribution in [0.25, 0.3) is 0 Å². The summed E-state index contributed by atoms with van der Waals surface area (Å²) in [6.07, 6.45) is 1.17. The molecule has 2 N–H and O–H groups in total. The van der Waals surface area contributed by atoms with Gasteiger partial charge in [-0.05, 0) is 33.5 Å². The Morgan fingerprint density at radius 2 is 2.24 bits per heavy atom. The summed E-state index contributed by atoms with van der Waals surface area (Å²) in [6.45, 7) is 4.49. The molecule has 1 saturated heterocycles. The molecule has 2 heterocycles. The second kappa shape index (κ2) is 4.98. The summed E-state index contributed by atoms with van der Waals surface area (Å²) >= 11 is 0. The van der Waals surface area contributed by atoms with Gasteiger partial charge in [-0.2, -0.15) is 0 Å². The Balaban J connectivity index is 2.15. The molecule has 1 atom stereocenters. The minimum absolute atomic E-state index is 0.474. The zero-order chi connectivity index (χ0) is 12.4. The molecule has 94 valence electrons. The van der Waals surface area contributed by atoms with Crippen LogP contribution in [0.15, 0.2) is 6.07 Å². The zero-order valence-corrected chi connectivity index (χ0v) is 10.8. The first-order valence-electron chi connectivity index (χ1n) is 6.06. The van der Waals surface area contributed by atoms with Gasteiger partial charge in [0.25, 0.3) is 0 Å². The van der Waals surface area contributed by atoms with Crippen LogP contribution in [0.3, 0.4) is 0 Å². The van der Waals surface area contributed by atoms with E-state index in [-0.39, 0.29) is 0 Å². The molecule has 0 amide bonds. The Morgan fingerprint density at radius 1 is 1.47 bits per heavy atom. The largest absolute Gasteiger partial charge is 0.339 e. The monoisotopic (exact) mass is 235 g/mol. The van der Waals surface area contributed by atoms with Gasteiger partial charge in [-0.1, -0.05) is 0 Å². The first-order valence-corrected chi connectivity index (χ1v) is 6.06. The normalized spacial score (nSPS) is 20.3. The summed E-state index contributed by atoms with van der Waals surface area (Å²) in [5, 5.41) is 0. The highest BCUT2D eigenvalue weighted by Crippen LogP contribution is 2.19. The molecule has 17 heavy (non-hydrogen) atoms. The Bertz CT molecular complexity index is 390. The van der Waals surface area contributed by atoms with Crippen LogP contribution in [0.1, 0.15) is 17.8 Å². The van der Waals surface area contributed by atoms with Crippen LogP contribution in [0.2, 0.25) is 0 Å². The number of nitrogens with two attached hydrogens (primary N) is 1. The molecule has 0 bridgehead atoms. The molecule has 1 fully saturated rings. The van der Waals surface area contributed by atoms with E-state index in [0.29, 0.717) is 12.6 Å². The second-order valence-electron chi connectivity index (χ2n) is 4.86. The summed E-state index contributed by atoms with van der Waals surface area (Å²) in [5.41, 5.74) is 7.55. The Hall–Kier alpha value is -1.20. The van der Waals surface area contributed by atoms with Crippen molar-refractivity contribution in [2.75, 3.05) is 32.1 Å². The van der Waals surface area contributed by atoms with Crippen molar-refractivity contribution in [3.63, 3.8) is 0 Å². The summed E-state index contributed by atoms with van der Waals surface area (Å²) in [6, 6.07) is 2.55. The highest BCUT2D eigenvalue weighted by molar-refractivity contribution is 5.34. The van der Waals surface area contributed by atoms with Crippen LogP contribution < -0.4 is 10.6 Å². The van der Waals surface area contributed by atoms with Gasteiger partial charge in [0.05, 0.1) is 5.69 Å². The van der Waals surface area contributed by atoms with Crippen LogP contribution in [0, 0.1) is 6.92 Å². The molecular formula is C12H21N5. The van der Waals surface area contributed by atoms with Crippen LogP contribution in [0.5, 0.6) is 0 Å².